The Morgan fingerprint density at radius 3 is 2.59 bits per heavy atom. The second-order valence-electron chi connectivity index (χ2n) is 6.45. The van der Waals surface area contributed by atoms with Crippen LogP contribution in [0.15, 0.2) is 4.52 Å². The third-order valence-electron chi connectivity index (χ3n) is 4.79. The zero-order chi connectivity index (χ0) is 15.4. The minimum atomic E-state index is -0.189. The van der Waals surface area contributed by atoms with Crippen LogP contribution in [0.1, 0.15) is 75.5 Å². The molecule has 1 saturated carbocycles. The van der Waals surface area contributed by atoms with Crippen molar-refractivity contribution in [3.8, 4) is 0 Å². The lowest BCUT2D eigenvalue weighted by atomic mass is 9.88. The van der Waals surface area contributed by atoms with Gasteiger partial charge in [0.2, 0.25) is 11.8 Å². The lowest BCUT2D eigenvalue weighted by Gasteiger charge is -2.28. The van der Waals surface area contributed by atoms with Crippen molar-refractivity contribution in [2.75, 3.05) is 13.2 Å². The van der Waals surface area contributed by atoms with Crippen LogP contribution >= 0.6 is 0 Å². The Bertz CT molecular complexity index is 491. The number of nitrogens with zero attached hydrogens (tertiary/aromatic N) is 2. The number of nitrogens with one attached hydrogen (secondary N) is 1. The topological polar surface area (TPSA) is 77.3 Å². The van der Waals surface area contributed by atoms with Gasteiger partial charge in [0.15, 0.2) is 5.82 Å². The highest BCUT2D eigenvalue weighted by Gasteiger charge is 2.31. The fraction of sp³-hybridized carbons (Fsp3) is 0.812. The molecule has 122 valence electrons. The summed E-state index contributed by atoms with van der Waals surface area (Å²) in [5.74, 6) is 2.03. The summed E-state index contributed by atoms with van der Waals surface area (Å²) in [4.78, 5) is 16.2. The maximum Gasteiger partial charge on any atom is 0.249 e. The van der Waals surface area contributed by atoms with E-state index in [9.17, 15) is 4.79 Å². The van der Waals surface area contributed by atoms with Crippen molar-refractivity contribution in [1.29, 1.82) is 0 Å². The number of aromatic nitrogens is 2. The first-order chi connectivity index (χ1) is 10.7. The van der Waals surface area contributed by atoms with E-state index in [1.165, 1.54) is 26.2 Å². The quantitative estimate of drug-likeness (QED) is 0.925. The number of hydrogen-bond donors (Lipinski definition) is 1. The highest BCUT2D eigenvalue weighted by molar-refractivity contribution is 5.73. The van der Waals surface area contributed by atoms with E-state index < -0.39 is 0 Å². The Hall–Kier alpha value is -1.43. The summed E-state index contributed by atoms with van der Waals surface area (Å²) in [5.41, 5.74) is 0. The number of carbonyl (C=O) groups excluding carboxylic acids is 1. The number of rotatable bonds is 4. The second-order valence-corrected chi connectivity index (χ2v) is 6.45. The van der Waals surface area contributed by atoms with Crippen LogP contribution in [0, 0.1) is 5.92 Å². The van der Waals surface area contributed by atoms with E-state index in [1.54, 1.807) is 0 Å². The first-order valence-electron chi connectivity index (χ1n) is 8.42. The molecule has 0 aromatic carbocycles. The van der Waals surface area contributed by atoms with Gasteiger partial charge >= 0.3 is 0 Å². The molecule has 1 atom stereocenters. The second kappa shape index (κ2) is 7.22. The molecule has 1 aliphatic carbocycles. The Balaban J connectivity index is 1.75. The molecule has 0 spiro atoms. The van der Waals surface area contributed by atoms with Gasteiger partial charge in [-0.3, -0.25) is 4.79 Å². The van der Waals surface area contributed by atoms with Crippen LogP contribution in [-0.2, 0) is 9.53 Å². The molecule has 1 N–H and O–H groups in total. The maximum atomic E-state index is 11.5. The van der Waals surface area contributed by atoms with Gasteiger partial charge in [-0.15, -0.1) is 0 Å². The van der Waals surface area contributed by atoms with Gasteiger partial charge in [-0.05, 0) is 31.6 Å². The third-order valence-corrected chi connectivity index (χ3v) is 4.79. The molecule has 1 saturated heterocycles. The number of carbonyl (C=O) groups is 1. The number of amides is 1. The summed E-state index contributed by atoms with van der Waals surface area (Å²) in [6.07, 6.45) is 7.88. The Kier molecular flexibility index (Phi) is 5.08. The van der Waals surface area contributed by atoms with Crippen LogP contribution < -0.4 is 5.32 Å². The van der Waals surface area contributed by atoms with Gasteiger partial charge in [-0.2, -0.15) is 4.98 Å². The van der Waals surface area contributed by atoms with Crippen molar-refractivity contribution in [2.45, 2.75) is 63.8 Å². The van der Waals surface area contributed by atoms with E-state index in [0.29, 0.717) is 17.7 Å². The predicted molar refractivity (Wildman–Crippen MR) is 80.2 cm³/mol. The largest absolute Gasteiger partial charge is 0.381 e. The Labute approximate surface area is 131 Å². The smallest absolute Gasteiger partial charge is 0.249 e. The summed E-state index contributed by atoms with van der Waals surface area (Å²) in [6, 6.07) is -0.189. The van der Waals surface area contributed by atoms with Crippen molar-refractivity contribution in [2.24, 2.45) is 5.92 Å². The molecule has 2 aliphatic rings. The fourth-order valence-corrected chi connectivity index (χ4v) is 3.55. The molecule has 1 unspecified atom stereocenters. The number of ether oxygens (including phenoxy) is 1. The third kappa shape index (κ3) is 3.66. The highest BCUT2D eigenvalue weighted by Crippen LogP contribution is 2.33. The van der Waals surface area contributed by atoms with Crippen molar-refractivity contribution in [3.05, 3.63) is 11.7 Å². The number of hydrogen-bond acceptors (Lipinski definition) is 5. The zero-order valence-corrected chi connectivity index (χ0v) is 13.2. The van der Waals surface area contributed by atoms with Crippen LogP contribution in [0.2, 0.25) is 0 Å². The summed E-state index contributed by atoms with van der Waals surface area (Å²) >= 11 is 0. The molecule has 2 fully saturated rings. The van der Waals surface area contributed by atoms with E-state index in [4.69, 9.17) is 9.26 Å². The molecule has 6 nitrogen and oxygen atoms in total. The van der Waals surface area contributed by atoms with E-state index in [2.05, 4.69) is 15.5 Å². The summed E-state index contributed by atoms with van der Waals surface area (Å²) in [5, 5.41) is 7.19. The van der Waals surface area contributed by atoms with Crippen molar-refractivity contribution in [3.63, 3.8) is 0 Å². The van der Waals surface area contributed by atoms with Gasteiger partial charge in [0.1, 0.15) is 6.04 Å². The average molecular weight is 307 g/mol. The van der Waals surface area contributed by atoms with E-state index in [1.807, 2.05) is 0 Å². The molecular formula is C16H25N3O3. The van der Waals surface area contributed by atoms with Crippen LogP contribution in [0.5, 0.6) is 0 Å². The first-order valence-corrected chi connectivity index (χ1v) is 8.42. The zero-order valence-electron chi connectivity index (χ0n) is 13.2. The minimum absolute atomic E-state index is 0.0612. The normalized spacial score (nSPS) is 22.4. The van der Waals surface area contributed by atoms with Gasteiger partial charge in [-0.1, -0.05) is 24.4 Å². The Morgan fingerprint density at radius 1 is 1.18 bits per heavy atom. The average Bonchev–Trinajstić information content (AvgIpc) is 3.04. The Morgan fingerprint density at radius 2 is 1.91 bits per heavy atom. The van der Waals surface area contributed by atoms with Crippen molar-refractivity contribution in [1.82, 2.24) is 15.5 Å². The highest BCUT2D eigenvalue weighted by atomic mass is 16.5. The van der Waals surface area contributed by atoms with Crippen LogP contribution in [-0.4, -0.2) is 29.3 Å². The van der Waals surface area contributed by atoms with E-state index in [-0.39, 0.29) is 11.9 Å². The van der Waals surface area contributed by atoms with Crippen LogP contribution in [0.25, 0.3) is 0 Å². The molecule has 0 bridgehead atoms. The minimum Gasteiger partial charge on any atom is -0.381 e. The van der Waals surface area contributed by atoms with Gasteiger partial charge in [-0.25, -0.2) is 0 Å². The summed E-state index contributed by atoms with van der Waals surface area (Å²) in [6.45, 7) is 2.99. The molecule has 22 heavy (non-hydrogen) atoms. The van der Waals surface area contributed by atoms with Gasteiger partial charge in [0, 0.05) is 26.1 Å². The maximum absolute atomic E-state index is 11.5. The molecule has 6 heteroatoms. The first kappa shape index (κ1) is 15.5. The van der Waals surface area contributed by atoms with Gasteiger partial charge in [0.25, 0.3) is 0 Å². The monoisotopic (exact) mass is 307 g/mol. The molecule has 1 amide bonds. The molecule has 1 aromatic rings. The predicted octanol–water partition coefficient (Wildman–Crippen LogP) is 2.72. The van der Waals surface area contributed by atoms with Crippen molar-refractivity contribution < 1.29 is 14.1 Å². The SMILES string of the molecule is CC(=O)NC(c1nc(C2CCCCC2)no1)C1CCOCC1. The lowest BCUT2D eigenvalue weighted by Crippen LogP contribution is -2.35. The molecule has 3 rings (SSSR count). The summed E-state index contributed by atoms with van der Waals surface area (Å²) in [7, 11) is 0. The molecule has 1 aliphatic heterocycles. The molecular weight excluding hydrogens is 282 g/mol. The fourth-order valence-electron chi connectivity index (χ4n) is 3.55. The molecule has 0 radical (unpaired) electrons. The molecule has 1 aromatic heterocycles. The van der Waals surface area contributed by atoms with E-state index in [0.717, 1.165) is 44.7 Å². The van der Waals surface area contributed by atoms with Crippen molar-refractivity contribution >= 4 is 5.91 Å². The summed E-state index contributed by atoms with van der Waals surface area (Å²) < 4.78 is 10.9. The lowest BCUT2D eigenvalue weighted by molar-refractivity contribution is -0.120. The van der Waals surface area contributed by atoms with Crippen LogP contribution in [0.4, 0.5) is 0 Å². The standard InChI is InChI=1S/C16H25N3O3/c1-11(20)17-14(12-7-9-21-10-8-12)16-18-15(19-22-16)13-5-3-2-4-6-13/h12-14H,2-10H2,1H3,(H,17,20). The molecule has 2 heterocycles. The van der Waals surface area contributed by atoms with Gasteiger partial charge in [0.05, 0.1) is 0 Å². The van der Waals surface area contributed by atoms with Crippen LogP contribution in [0.3, 0.4) is 0 Å². The van der Waals surface area contributed by atoms with Gasteiger partial charge < -0.3 is 14.6 Å². The van der Waals surface area contributed by atoms with E-state index >= 15 is 0 Å².